The van der Waals surface area contributed by atoms with E-state index in [4.69, 9.17) is 4.52 Å². The normalized spacial score (nSPS) is 18.2. The molecule has 0 amide bonds. The summed E-state index contributed by atoms with van der Waals surface area (Å²) in [5.74, 6) is 1.49. The van der Waals surface area contributed by atoms with Crippen molar-refractivity contribution in [3.63, 3.8) is 0 Å². The van der Waals surface area contributed by atoms with Crippen LogP contribution in [0.3, 0.4) is 0 Å². The number of rotatable bonds is 3. The highest BCUT2D eigenvalue weighted by molar-refractivity contribution is 4.99. The predicted octanol–water partition coefficient (Wildman–Crippen LogP) is 2.40. The van der Waals surface area contributed by atoms with Gasteiger partial charge in [0.05, 0.1) is 6.54 Å². The molecule has 1 aromatic rings. The van der Waals surface area contributed by atoms with Gasteiger partial charge in [-0.1, -0.05) is 38.8 Å². The van der Waals surface area contributed by atoms with Crippen LogP contribution in [-0.2, 0) is 12.0 Å². The first-order chi connectivity index (χ1) is 7.55. The molecule has 1 aromatic heterocycles. The van der Waals surface area contributed by atoms with Gasteiger partial charge >= 0.3 is 0 Å². The maximum absolute atomic E-state index is 5.23. The average molecular weight is 223 g/mol. The summed E-state index contributed by atoms with van der Waals surface area (Å²) in [4.78, 5) is 4.40. The molecule has 0 unspecified atom stereocenters. The van der Waals surface area contributed by atoms with E-state index in [-0.39, 0.29) is 5.41 Å². The first-order valence-electron chi connectivity index (χ1n) is 6.12. The summed E-state index contributed by atoms with van der Waals surface area (Å²) in [6.45, 7) is 6.97. The largest absolute Gasteiger partial charge is 0.338 e. The van der Waals surface area contributed by atoms with Gasteiger partial charge in [0.1, 0.15) is 0 Å². The summed E-state index contributed by atoms with van der Waals surface area (Å²) in [6, 6.07) is 0.644. The van der Waals surface area contributed by atoms with Crippen molar-refractivity contribution in [3.8, 4) is 0 Å². The van der Waals surface area contributed by atoms with Gasteiger partial charge in [-0.15, -0.1) is 0 Å². The Labute approximate surface area is 96.8 Å². The van der Waals surface area contributed by atoms with Crippen molar-refractivity contribution >= 4 is 0 Å². The fourth-order valence-electron chi connectivity index (χ4n) is 1.99. The average Bonchev–Trinajstić information content (AvgIpc) is 2.85. The second kappa shape index (κ2) is 4.53. The number of aromatic nitrogens is 2. The quantitative estimate of drug-likeness (QED) is 0.855. The summed E-state index contributed by atoms with van der Waals surface area (Å²) in [5, 5.41) is 7.47. The zero-order valence-corrected chi connectivity index (χ0v) is 10.4. The second-order valence-corrected chi connectivity index (χ2v) is 5.62. The first kappa shape index (κ1) is 11.6. The van der Waals surface area contributed by atoms with Gasteiger partial charge in [0.15, 0.2) is 5.82 Å². The van der Waals surface area contributed by atoms with Crippen LogP contribution in [0.4, 0.5) is 0 Å². The molecule has 0 atom stereocenters. The smallest absolute Gasteiger partial charge is 0.240 e. The van der Waals surface area contributed by atoms with Crippen molar-refractivity contribution in [1.82, 2.24) is 15.5 Å². The highest BCUT2D eigenvalue weighted by Gasteiger charge is 2.21. The molecular formula is C12H21N3O. The van der Waals surface area contributed by atoms with Crippen molar-refractivity contribution in [2.75, 3.05) is 0 Å². The lowest BCUT2D eigenvalue weighted by atomic mass is 9.96. The third kappa shape index (κ3) is 2.82. The fourth-order valence-corrected chi connectivity index (χ4v) is 1.99. The van der Waals surface area contributed by atoms with Crippen molar-refractivity contribution in [2.45, 2.75) is 64.5 Å². The lowest BCUT2D eigenvalue weighted by Crippen LogP contribution is -2.25. The molecule has 2 rings (SSSR count). The van der Waals surface area contributed by atoms with Gasteiger partial charge in [-0.25, -0.2) is 0 Å². The minimum absolute atomic E-state index is 0.0326. The van der Waals surface area contributed by atoms with Crippen molar-refractivity contribution in [3.05, 3.63) is 11.7 Å². The Kier molecular flexibility index (Phi) is 3.28. The summed E-state index contributed by atoms with van der Waals surface area (Å²) in [6.07, 6.45) is 5.24. The maximum Gasteiger partial charge on any atom is 0.240 e. The Bertz CT molecular complexity index is 334. The van der Waals surface area contributed by atoms with Gasteiger partial charge in [-0.3, -0.25) is 0 Å². The molecule has 1 saturated carbocycles. The molecule has 0 saturated heterocycles. The lowest BCUT2D eigenvalue weighted by molar-refractivity contribution is 0.346. The van der Waals surface area contributed by atoms with E-state index in [2.05, 4.69) is 36.2 Å². The maximum atomic E-state index is 5.23. The highest BCUT2D eigenvalue weighted by atomic mass is 16.5. The van der Waals surface area contributed by atoms with Crippen LogP contribution >= 0.6 is 0 Å². The molecule has 4 heteroatoms. The molecule has 1 fully saturated rings. The Balaban J connectivity index is 1.87. The monoisotopic (exact) mass is 223 g/mol. The van der Waals surface area contributed by atoms with Crippen molar-refractivity contribution < 1.29 is 4.52 Å². The van der Waals surface area contributed by atoms with Gasteiger partial charge in [0.2, 0.25) is 5.89 Å². The van der Waals surface area contributed by atoms with Crippen molar-refractivity contribution in [2.24, 2.45) is 0 Å². The van der Waals surface area contributed by atoms with E-state index in [1.54, 1.807) is 0 Å². The molecule has 1 heterocycles. The SMILES string of the molecule is CC(C)(C)c1noc(CNC2CCCC2)n1. The first-order valence-corrected chi connectivity index (χ1v) is 6.12. The van der Waals surface area contributed by atoms with Crippen LogP contribution in [0.1, 0.15) is 58.2 Å². The standard InChI is InChI=1S/C12H21N3O/c1-12(2,3)11-14-10(16-15-11)8-13-9-6-4-5-7-9/h9,13H,4-8H2,1-3H3. The van der Waals surface area contributed by atoms with Gasteiger partial charge in [0.25, 0.3) is 0 Å². The minimum atomic E-state index is -0.0326. The van der Waals surface area contributed by atoms with Crippen molar-refractivity contribution in [1.29, 1.82) is 0 Å². The lowest BCUT2D eigenvalue weighted by Gasteiger charge is -2.11. The van der Waals surface area contributed by atoms with E-state index < -0.39 is 0 Å². The van der Waals surface area contributed by atoms with Crippen LogP contribution in [0.2, 0.25) is 0 Å². The summed E-state index contributed by atoms with van der Waals surface area (Å²) in [5.41, 5.74) is -0.0326. The second-order valence-electron chi connectivity index (χ2n) is 5.62. The Morgan fingerprint density at radius 2 is 2.00 bits per heavy atom. The van der Waals surface area contributed by atoms with E-state index in [9.17, 15) is 0 Å². The molecule has 90 valence electrons. The molecule has 1 aliphatic rings. The zero-order valence-electron chi connectivity index (χ0n) is 10.4. The van der Waals surface area contributed by atoms with E-state index in [0.717, 1.165) is 5.82 Å². The molecular weight excluding hydrogens is 202 g/mol. The molecule has 0 bridgehead atoms. The fraction of sp³-hybridized carbons (Fsp3) is 0.833. The molecule has 0 aliphatic heterocycles. The Morgan fingerprint density at radius 1 is 1.31 bits per heavy atom. The molecule has 0 spiro atoms. The minimum Gasteiger partial charge on any atom is -0.338 e. The molecule has 4 nitrogen and oxygen atoms in total. The van der Waals surface area contributed by atoms with Gasteiger partial charge in [-0.2, -0.15) is 4.98 Å². The topological polar surface area (TPSA) is 51.0 Å². The van der Waals surface area contributed by atoms with Crippen LogP contribution in [0.25, 0.3) is 0 Å². The van der Waals surface area contributed by atoms with Gasteiger partial charge < -0.3 is 9.84 Å². The Morgan fingerprint density at radius 3 is 2.56 bits per heavy atom. The van der Waals surface area contributed by atoms with E-state index in [1.807, 2.05) is 0 Å². The van der Waals surface area contributed by atoms with E-state index in [0.29, 0.717) is 18.5 Å². The van der Waals surface area contributed by atoms with Gasteiger partial charge in [-0.05, 0) is 12.8 Å². The number of hydrogen-bond donors (Lipinski definition) is 1. The number of hydrogen-bond acceptors (Lipinski definition) is 4. The number of nitrogens with one attached hydrogen (secondary N) is 1. The van der Waals surface area contributed by atoms with E-state index in [1.165, 1.54) is 25.7 Å². The molecule has 16 heavy (non-hydrogen) atoms. The Hall–Kier alpha value is -0.900. The van der Waals surface area contributed by atoms with E-state index >= 15 is 0 Å². The van der Waals surface area contributed by atoms with Crippen LogP contribution in [0, 0.1) is 0 Å². The summed E-state index contributed by atoms with van der Waals surface area (Å²) >= 11 is 0. The van der Waals surface area contributed by atoms with Crippen LogP contribution in [0.15, 0.2) is 4.52 Å². The highest BCUT2D eigenvalue weighted by Crippen LogP contribution is 2.20. The summed E-state index contributed by atoms with van der Waals surface area (Å²) < 4.78 is 5.23. The summed E-state index contributed by atoms with van der Waals surface area (Å²) in [7, 11) is 0. The third-order valence-electron chi connectivity index (χ3n) is 3.04. The number of nitrogens with zero attached hydrogens (tertiary/aromatic N) is 2. The zero-order chi connectivity index (χ0) is 11.6. The van der Waals surface area contributed by atoms with Crippen LogP contribution in [-0.4, -0.2) is 16.2 Å². The molecule has 1 aliphatic carbocycles. The third-order valence-corrected chi connectivity index (χ3v) is 3.04. The molecule has 0 aromatic carbocycles. The van der Waals surface area contributed by atoms with Gasteiger partial charge in [0, 0.05) is 11.5 Å². The van der Waals surface area contributed by atoms with Crippen LogP contribution < -0.4 is 5.32 Å². The molecule has 0 radical (unpaired) electrons. The molecule has 1 N–H and O–H groups in total. The predicted molar refractivity (Wildman–Crippen MR) is 62.1 cm³/mol. The van der Waals surface area contributed by atoms with Crippen LogP contribution in [0.5, 0.6) is 0 Å².